The van der Waals surface area contributed by atoms with Crippen LogP contribution in [-0.4, -0.2) is 59.0 Å². The third-order valence-corrected chi connectivity index (χ3v) is 9.08. The second-order valence-corrected chi connectivity index (χ2v) is 10.7. The van der Waals surface area contributed by atoms with E-state index in [0.29, 0.717) is 9.13 Å². The van der Waals surface area contributed by atoms with E-state index in [4.69, 9.17) is 14.5 Å². The van der Waals surface area contributed by atoms with E-state index in [1.807, 2.05) is 0 Å². The lowest BCUT2D eigenvalue weighted by molar-refractivity contribution is -0.0556. The first-order valence-corrected chi connectivity index (χ1v) is 11.9. The maximum absolute atomic E-state index is 12.2. The van der Waals surface area contributed by atoms with Crippen LogP contribution in [0.5, 0.6) is 0 Å². The molecule has 0 aliphatic carbocycles. The minimum Gasteiger partial charge on any atom is -0.387 e. The average Bonchev–Trinajstić information content (AvgIpc) is 2.83. The molecule has 1 aromatic heterocycles. The van der Waals surface area contributed by atoms with Crippen molar-refractivity contribution in [2.24, 2.45) is 7.05 Å². The van der Waals surface area contributed by atoms with Gasteiger partial charge in [-0.05, 0) is 0 Å². The molecule has 0 saturated carbocycles. The van der Waals surface area contributed by atoms with Gasteiger partial charge in [0.1, 0.15) is 24.6 Å². The molecule has 29 heavy (non-hydrogen) atoms. The highest BCUT2D eigenvalue weighted by molar-refractivity contribution is 7.74. The lowest BCUT2D eigenvalue weighted by atomic mass is 10.1. The summed E-state index contributed by atoms with van der Waals surface area (Å²) in [7, 11) is -14.5. The highest BCUT2D eigenvalue weighted by Gasteiger charge is 2.55. The topological polar surface area (TPSA) is 235 Å². The molecule has 3 rings (SSSR count). The molecule has 164 valence electrons. The van der Waals surface area contributed by atoms with Gasteiger partial charge in [-0.3, -0.25) is 9.09 Å². The number of hydrogen-bond acceptors (Lipinski definition) is 13. The van der Waals surface area contributed by atoms with Crippen molar-refractivity contribution >= 4 is 23.5 Å². The van der Waals surface area contributed by atoms with Gasteiger partial charge in [-0.1, -0.05) is 0 Å². The Kier molecular flexibility index (Phi) is 5.90. The minimum atomic E-state index is -5.26. The van der Waals surface area contributed by atoms with Gasteiger partial charge in [-0.25, -0.2) is 27.9 Å². The van der Waals surface area contributed by atoms with Gasteiger partial charge in [0.05, 0.1) is 6.61 Å². The van der Waals surface area contributed by atoms with E-state index < -0.39 is 66.0 Å². The van der Waals surface area contributed by atoms with E-state index in [1.165, 1.54) is 0 Å². The molecule has 0 bridgehead atoms. The van der Waals surface area contributed by atoms with Crippen molar-refractivity contribution in [3.8, 4) is 0 Å². The molecule has 0 spiro atoms. The lowest BCUT2D eigenvalue weighted by Crippen LogP contribution is -2.43. The normalized spacial score (nSPS) is 42.8. The summed E-state index contributed by atoms with van der Waals surface area (Å²) in [6.45, 7) is -0.944. The molecular weight excluding hydrogens is 467 g/mol. The lowest BCUT2D eigenvalue weighted by Gasteiger charge is -2.27. The fourth-order valence-corrected chi connectivity index (χ4v) is 7.35. The quantitative estimate of drug-likeness (QED) is 0.339. The van der Waals surface area contributed by atoms with E-state index in [0.717, 1.165) is 13.4 Å². The van der Waals surface area contributed by atoms with Crippen molar-refractivity contribution < 1.29 is 55.9 Å². The van der Waals surface area contributed by atoms with Gasteiger partial charge in [0.2, 0.25) is 0 Å². The van der Waals surface area contributed by atoms with Gasteiger partial charge in [-0.15, -0.1) is 0 Å². The molecule has 6 atom stereocenters. The van der Waals surface area contributed by atoms with E-state index >= 15 is 0 Å². The van der Waals surface area contributed by atoms with Crippen LogP contribution in [0.2, 0.25) is 0 Å². The van der Waals surface area contributed by atoms with Crippen LogP contribution in [0.4, 0.5) is 0 Å². The highest BCUT2D eigenvalue weighted by atomic mass is 31.3. The summed E-state index contributed by atoms with van der Waals surface area (Å²) in [5, 5.41) is 20.2. The highest BCUT2D eigenvalue weighted by Crippen LogP contribution is 2.80. The van der Waals surface area contributed by atoms with Gasteiger partial charge in [-0.2, -0.15) is 17.9 Å². The first-order chi connectivity index (χ1) is 13.2. The molecule has 3 unspecified atom stereocenters. The number of aliphatic hydroxyl groups excluding tert-OH is 2. The van der Waals surface area contributed by atoms with E-state index in [-0.39, 0.29) is 0 Å². The Morgan fingerprint density at radius 2 is 1.69 bits per heavy atom. The maximum Gasteiger partial charge on any atom is 0.492 e. The van der Waals surface area contributed by atoms with Crippen LogP contribution in [0, 0.1) is 0 Å². The Labute approximate surface area is 159 Å². The van der Waals surface area contributed by atoms with Crippen molar-refractivity contribution in [1.29, 1.82) is 0 Å². The summed E-state index contributed by atoms with van der Waals surface area (Å²) in [6.07, 6.45) is -5.79. The van der Waals surface area contributed by atoms with Crippen molar-refractivity contribution in [2.75, 3.05) is 6.61 Å². The average molecular weight is 481 g/mol. The van der Waals surface area contributed by atoms with Crippen LogP contribution in [0.3, 0.4) is 0 Å². The van der Waals surface area contributed by atoms with Crippen LogP contribution in [-0.2, 0) is 42.9 Å². The van der Waals surface area contributed by atoms with Crippen molar-refractivity contribution in [3.63, 3.8) is 0 Å². The zero-order chi connectivity index (χ0) is 21.8. The number of phosphoric acid groups is 3. The van der Waals surface area contributed by atoms with Gasteiger partial charge in [0, 0.05) is 7.05 Å². The number of aliphatic hydroxyl groups is 2. The number of hydrogen-bond donors (Lipinski definition) is 4. The molecule has 2 fully saturated rings. The van der Waals surface area contributed by atoms with Gasteiger partial charge < -0.3 is 24.7 Å². The zero-order valence-corrected chi connectivity index (χ0v) is 16.8. The summed E-state index contributed by atoms with van der Waals surface area (Å²) in [5.41, 5.74) is -1.82. The molecule has 0 amide bonds. The molecule has 20 heteroatoms. The predicted octanol–water partition coefficient (Wildman–Crippen LogP) is -2.05. The second-order valence-electron chi connectivity index (χ2n) is 5.75. The molecule has 3 heterocycles. The molecule has 0 radical (unpaired) electrons. The van der Waals surface area contributed by atoms with E-state index in [1.54, 1.807) is 0 Å². The number of rotatable bonds is 4. The predicted molar refractivity (Wildman–Crippen MR) is 86.1 cm³/mol. The van der Waals surface area contributed by atoms with E-state index in [2.05, 4.69) is 22.4 Å². The Hall–Kier alpha value is -1.06. The molecule has 17 nitrogen and oxygen atoms in total. The monoisotopic (exact) mass is 481 g/mol. The zero-order valence-electron chi connectivity index (χ0n) is 14.1. The third-order valence-electron chi connectivity index (χ3n) is 3.71. The third kappa shape index (κ3) is 4.66. The molecule has 2 aliphatic heterocycles. The van der Waals surface area contributed by atoms with Crippen molar-refractivity contribution in [2.45, 2.75) is 24.5 Å². The summed E-state index contributed by atoms with van der Waals surface area (Å²) in [5.74, 6) is 0. The van der Waals surface area contributed by atoms with Gasteiger partial charge in [0.15, 0.2) is 6.23 Å². The Morgan fingerprint density at radius 1 is 1.10 bits per heavy atom. The van der Waals surface area contributed by atoms with Crippen LogP contribution in [0.25, 0.3) is 0 Å². The molecule has 2 aliphatic rings. The molecule has 2 saturated heterocycles. The Bertz CT molecular complexity index is 1040. The first kappa shape index (κ1) is 22.6. The smallest absolute Gasteiger partial charge is 0.387 e. The molecule has 0 aromatic carbocycles. The van der Waals surface area contributed by atoms with Crippen LogP contribution < -0.4 is 11.4 Å². The summed E-state index contributed by atoms with van der Waals surface area (Å²) in [4.78, 5) is 45.1. The van der Waals surface area contributed by atoms with Crippen molar-refractivity contribution in [3.05, 3.63) is 27.3 Å². The maximum atomic E-state index is 12.2. The largest absolute Gasteiger partial charge is 0.492 e. The fraction of sp³-hybridized carbons (Fsp3) is 0.667. The van der Waals surface area contributed by atoms with Crippen LogP contribution >= 0.6 is 23.5 Å². The summed E-state index contributed by atoms with van der Waals surface area (Å²) < 4.78 is 57.9. The fourth-order valence-electron chi connectivity index (χ4n) is 2.41. The molecule has 4 N–H and O–H groups in total. The number of nitrogens with zero attached hydrogens (tertiary/aromatic N) is 3. The molecular formula is C9H14N3O14P3. The Morgan fingerprint density at radius 3 is 2.28 bits per heavy atom. The number of ether oxygens (including phenoxy) is 1. The van der Waals surface area contributed by atoms with Gasteiger partial charge in [0.25, 0.3) is 0 Å². The van der Waals surface area contributed by atoms with E-state index in [9.17, 15) is 33.5 Å². The summed E-state index contributed by atoms with van der Waals surface area (Å²) in [6, 6.07) is 0. The number of aromatic nitrogens is 3. The summed E-state index contributed by atoms with van der Waals surface area (Å²) >= 11 is 0. The standard InChI is InChI=1S/C9H14N3O14P3/c1-11-8(15)10-3-12(9(11)16)7-6(14)5(13)4(23-7)2-22-29(21)25-27(17,18)24-28(19,20)26-29/h3-7,13-14H,2H2,1H3,(H,17,18)(H,19,20)/t4-,5?,6+,7-/m1/s1. The minimum absolute atomic E-state index is 0.603. The van der Waals surface area contributed by atoms with Crippen LogP contribution in [0.15, 0.2) is 15.9 Å². The first-order valence-electron chi connectivity index (χ1n) is 7.43. The van der Waals surface area contributed by atoms with Crippen LogP contribution in [0.1, 0.15) is 6.23 Å². The van der Waals surface area contributed by atoms with Gasteiger partial charge >= 0.3 is 34.8 Å². The Balaban J connectivity index is 1.76. The van der Waals surface area contributed by atoms with Crippen molar-refractivity contribution in [1.82, 2.24) is 14.1 Å². The molecule has 1 aromatic rings. The SMILES string of the molecule is Cn1c(=O)ncn([C@@H]2O[C@H](COP3(=O)OP(=O)(O)OP(=O)(O)O3)C(O)[C@@H]2O)c1=O. The second kappa shape index (κ2) is 7.57.